The molecule has 6 nitrogen and oxygen atoms in total. The maximum atomic E-state index is 12.7. The van der Waals surface area contributed by atoms with Crippen LogP contribution in [0.5, 0.6) is 0 Å². The number of thiophene rings is 1. The Hall–Kier alpha value is -1.44. The normalized spacial score (nSPS) is 26.7. The predicted octanol–water partition coefficient (Wildman–Crippen LogP) is 2.91. The molecule has 1 amide bonds. The van der Waals surface area contributed by atoms with Crippen LogP contribution in [0.25, 0.3) is 10.2 Å². The number of rotatable bonds is 4. The number of nitrogens with one attached hydrogen (secondary N) is 1. The molecule has 0 aromatic carbocycles. The molecule has 2 aliphatic carbocycles. The fourth-order valence-corrected chi connectivity index (χ4v) is 5.92. The van der Waals surface area contributed by atoms with E-state index in [-0.39, 0.29) is 36.0 Å². The lowest BCUT2D eigenvalue weighted by molar-refractivity contribution is -0.123. The van der Waals surface area contributed by atoms with Crippen LogP contribution in [0.15, 0.2) is 11.1 Å². The number of hydrogen-bond acceptors (Lipinski definition) is 5. The molecule has 0 spiro atoms. The van der Waals surface area contributed by atoms with Crippen molar-refractivity contribution in [1.29, 1.82) is 0 Å². The molecule has 3 N–H and O–H groups in total. The van der Waals surface area contributed by atoms with E-state index in [9.17, 15) is 9.59 Å². The highest BCUT2D eigenvalue weighted by Crippen LogP contribution is 2.39. The Morgan fingerprint density at radius 3 is 2.68 bits per heavy atom. The van der Waals surface area contributed by atoms with Crippen molar-refractivity contribution in [2.45, 2.75) is 71.0 Å². The van der Waals surface area contributed by atoms with E-state index in [0.29, 0.717) is 30.2 Å². The Labute approximate surface area is 175 Å². The molecule has 0 saturated heterocycles. The molecule has 2 atom stereocenters. The first-order valence-electron chi connectivity index (χ1n) is 9.94. The van der Waals surface area contributed by atoms with Gasteiger partial charge in [-0.15, -0.1) is 23.7 Å². The Kier molecular flexibility index (Phi) is 6.47. The smallest absolute Gasteiger partial charge is 0.262 e. The minimum absolute atomic E-state index is 0. The number of aromatic nitrogens is 2. The number of halogens is 1. The third kappa shape index (κ3) is 3.98. The summed E-state index contributed by atoms with van der Waals surface area (Å²) in [7, 11) is 0. The third-order valence-electron chi connectivity index (χ3n) is 6.44. The first-order valence-corrected chi connectivity index (χ1v) is 10.8. The predicted molar refractivity (Wildman–Crippen MR) is 115 cm³/mol. The molecule has 0 aliphatic heterocycles. The van der Waals surface area contributed by atoms with E-state index in [2.05, 4.69) is 10.3 Å². The summed E-state index contributed by atoms with van der Waals surface area (Å²) in [6, 6.07) is 0.535. The largest absolute Gasteiger partial charge is 0.353 e. The van der Waals surface area contributed by atoms with Crippen LogP contribution in [-0.4, -0.2) is 27.5 Å². The van der Waals surface area contributed by atoms with Crippen LogP contribution in [0.2, 0.25) is 0 Å². The van der Waals surface area contributed by atoms with Gasteiger partial charge in [0.25, 0.3) is 5.56 Å². The fourth-order valence-electron chi connectivity index (χ4n) is 4.93. The molecule has 2 aromatic rings. The monoisotopic (exact) mass is 424 g/mol. The quantitative estimate of drug-likeness (QED) is 0.789. The summed E-state index contributed by atoms with van der Waals surface area (Å²) in [4.78, 5) is 31.6. The van der Waals surface area contributed by atoms with Crippen molar-refractivity contribution in [1.82, 2.24) is 14.9 Å². The molecule has 2 aliphatic rings. The highest BCUT2D eigenvalue weighted by Gasteiger charge is 2.39. The van der Waals surface area contributed by atoms with Crippen LogP contribution in [0.4, 0.5) is 0 Å². The van der Waals surface area contributed by atoms with Crippen molar-refractivity contribution in [3.63, 3.8) is 0 Å². The number of carbonyl (C=O) groups excluding carboxylic acids is 1. The van der Waals surface area contributed by atoms with Gasteiger partial charge >= 0.3 is 0 Å². The molecule has 8 heteroatoms. The fraction of sp³-hybridized carbons (Fsp3) is 0.650. The highest BCUT2D eigenvalue weighted by molar-refractivity contribution is 7.18. The van der Waals surface area contributed by atoms with Gasteiger partial charge in [0, 0.05) is 29.9 Å². The molecule has 0 radical (unpaired) electrons. The van der Waals surface area contributed by atoms with E-state index in [1.807, 2.05) is 13.8 Å². The average molecular weight is 425 g/mol. The van der Waals surface area contributed by atoms with E-state index in [0.717, 1.165) is 41.0 Å². The lowest BCUT2D eigenvalue weighted by atomic mass is 9.67. The van der Waals surface area contributed by atoms with Crippen molar-refractivity contribution in [2.75, 3.05) is 0 Å². The van der Waals surface area contributed by atoms with Crippen LogP contribution >= 0.6 is 23.7 Å². The maximum absolute atomic E-state index is 12.7. The van der Waals surface area contributed by atoms with Gasteiger partial charge in [0.2, 0.25) is 5.91 Å². The van der Waals surface area contributed by atoms with Crippen molar-refractivity contribution >= 4 is 39.9 Å². The summed E-state index contributed by atoms with van der Waals surface area (Å²) >= 11 is 1.54. The van der Waals surface area contributed by atoms with Gasteiger partial charge in [-0.3, -0.25) is 14.2 Å². The van der Waals surface area contributed by atoms with Crippen molar-refractivity contribution < 1.29 is 4.79 Å². The lowest BCUT2D eigenvalue weighted by Crippen LogP contribution is -2.53. The van der Waals surface area contributed by atoms with Gasteiger partial charge in [-0.2, -0.15) is 0 Å². The number of fused-ring (bicyclic) bond motifs is 3. The highest BCUT2D eigenvalue weighted by atomic mass is 35.5. The Balaban J connectivity index is 0.00000225. The van der Waals surface area contributed by atoms with Gasteiger partial charge in [0.1, 0.15) is 4.83 Å². The number of nitrogens with zero attached hydrogens (tertiary/aromatic N) is 2. The molecule has 2 unspecified atom stereocenters. The molecule has 154 valence electrons. The van der Waals surface area contributed by atoms with Gasteiger partial charge in [-0.05, 0) is 56.9 Å². The molecule has 4 rings (SSSR count). The molecule has 2 fully saturated rings. The minimum Gasteiger partial charge on any atom is -0.353 e. The van der Waals surface area contributed by atoms with Gasteiger partial charge in [0.15, 0.2) is 0 Å². The Bertz CT molecular complexity index is 911. The molecule has 28 heavy (non-hydrogen) atoms. The van der Waals surface area contributed by atoms with E-state index in [1.165, 1.54) is 6.42 Å². The number of carbonyl (C=O) groups is 1. The van der Waals surface area contributed by atoms with E-state index >= 15 is 0 Å². The van der Waals surface area contributed by atoms with Gasteiger partial charge in [-0.25, -0.2) is 4.98 Å². The van der Waals surface area contributed by atoms with Crippen LogP contribution < -0.4 is 16.6 Å². The molecule has 2 heterocycles. The minimum atomic E-state index is -0.0461. The first-order chi connectivity index (χ1) is 12.9. The standard InChI is InChI=1S/C20H28N4O2S.ClH/c1-11-12(2)27-19-17(11)20(26)24(10-22-19)7-6-16(25)23-18-13-4-3-5-14(18)9-15(21)8-13;/h10,13-15,18H,3-9,21H2,1-2H3,(H,23,25);1H. The summed E-state index contributed by atoms with van der Waals surface area (Å²) in [5.41, 5.74) is 7.12. The van der Waals surface area contributed by atoms with E-state index in [1.54, 1.807) is 22.2 Å². The number of hydrogen-bond donors (Lipinski definition) is 2. The van der Waals surface area contributed by atoms with Crippen LogP contribution in [0.3, 0.4) is 0 Å². The zero-order valence-corrected chi connectivity index (χ0v) is 18.1. The SMILES string of the molecule is Cc1sc2ncn(CCC(=O)NC3C4CCCC3CC(N)C4)c(=O)c2c1C.Cl. The maximum Gasteiger partial charge on any atom is 0.262 e. The first kappa shape index (κ1) is 21.3. The lowest BCUT2D eigenvalue weighted by Gasteiger charge is -2.45. The van der Waals surface area contributed by atoms with Gasteiger partial charge in [0.05, 0.1) is 11.7 Å². The third-order valence-corrected chi connectivity index (χ3v) is 7.56. The zero-order valence-electron chi connectivity index (χ0n) is 16.4. The van der Waals surface area contributed by atoms with Crippen molar-refractivity contribution in [3.8, 4) is 0 Å². The van der Waals surface area contributed by atoms with Gasteiger partial charge < -0.3 is 11.1 Å². The van der Waals surface area contributed by atoms with Gasteiger partial charge in [-0.1, -0.05) is 6.42 Å². The summed E-state index contributed by atoms with van der Waals surface area (Å²) in [5.74, 6) is 1.04. The number of aryl methyl sites for hydroxylation is 3. The van der Waals surface area contributed by atoms with Crippen LogP contribution in [0, 0.1) is 25.7 Å². The molecule has 2 bridgehead atoms. The molecular formula is C20H29ClN4O2S. The second-order valence-electron chi connectivity index (χ2n) is 8.23. The van der Waals surface area contributed by atoms with E-state index < -0.39 is 0 Å². The Morgan fingerprint density at radius 1 is 1.32 bits per heavy atom. The van der Waals surface area contributed by atoms with Crippen molar-refractivity contribution in [3.05, 3.63) is 27.1 Å². The van der Waals surface area contributed by atoms with Crippen LogP contribution in [-0.2, 0) is 11.3 Å². The molecule has 2 aromatic heterocycles. The zero-order chi connectivity index (χ0) is 19.1. The van der Waals surface area contributed by atoms with Crippen molar-refractivity contribution in [2.24, 2.45) is 17.6 Å². The van der Waals surface area contributed by atoms with Crippen LogP contribution in [0.1, 0.15) is 49.0 Å². The topological polar surface area (TPSA) is 90.0 Å². The summed E-state index contributed by atoms with van der Waals surface area (Å²) in [6.45, 7) is 4.33. The average Bonchev–Trinajstić information content (AvgIpc) is 2.90. The summed E-state index contributed by atoms with van der Waals surface area (Å²) < 4.78 is 1.57. The molecule has 2 saturated carbocycles. The number of amides is 1. The second-order valence-corrected chi connectivity index (χ2v) is 9.44. The molecular weight excluding hydrogens is 396 g/mol. The summed E-state index contributed by atoms with van der Waals surface area (Å²) in [6.07, 6.45) is 7.46. The van der Waals surface area contributed by atoms with E-state index in [4.69, 9.17) is 5.73 Å². The Morgan fingerprint density at radius 2 is 2.00 bits per heavy atom. The number of nitrogens with two attached hydrogens (primary N) is 1. The summed E-state index contributed by atoms with van der Waals surface area (Å²) in [5, 5.41) is 3.95. The second kappa shape index (κ2) is 8.51.